The summed E-state index contributed by atoms with van der Waals surface area (Å²) in [5.74, 6) is 0. The topological polar surface area (TPSA) is 8.17 Å². The molecule has 1 aliphatic rings. The summed E-state index contributed by atoms with van der Waals surface area (Å²) >= 11 is 0. The fraction of sp³-hybridized carbons (Fsp3) is 0.0847. The maximum Gasteiger partial charge on any atom is 0.0541 e. The molecule has 0 N–H and O–H groups in total. The Hall–Kier alpha value is -7.42. The molecule has 0 fully saturated rings. The van der Waals surface area contributed by atoms with Gasteiger partial charge < -0.3 is 9.47 Å². The van der Waals surface area contributed by atoms with Crippen molar-refractivity contribution in [3.63, 3.8) is 0 Å². The molecule has 2 nitrogen and oxygen atoms in total. The zero-order valence-electron chi connectivity index (χ0n) is 35.0. The third kappa shape index (κ3) is 6.01. The molecule has 1 aromatic heterocycles. The van der Waals surface area contributed by atoms with E-state index in [1.807, 2.05) is 0 Å². The van der Waals surface area contributed by atoms with Gasteiger partial charge in [-0.15, -0.1) is 0 Å². The third-order valence-electron chi connectivity index (χ3n) is 13.0. The predicted molar refractivity (Wildman–Crippen MR) is 259 cm³/mol. The molecule has 0 saturated heterocycles. The van der Waals surface area contributed by atoms with E-state index in [0.717, 1.165) is 17.1 Å². The van der Waals surface area contributed by atoms with Crippen molar-refractivity contribution in [3.8, 4) is 50.2 Å². The lowest BCUT2D eigenvalue weighted by molar-refractivity contribution is 0.660. The van der Waals surface area contributed by atoms with Crippen LogP contribution >= 0.6 is 0 Å². The number of nitrogens with zero attached hydrogens (tertiary/aromatic N) is 2. The minimum Gasteiger partial charge on any atom is -0.309 e. The van der Waals surface area contributed by atoms with Crippen LogP contribution in [0.5, 0.6) is 0 Å². The highest BCUT2D eigenvalue weighted by Gasteiger charge is 2.36. The van der Waals surface area contributed by atoms with E-state index >= 15 is 0 Å². The highest BCUT2D eigenvalue weighted by atomic mass is 15.2. The lowest BCUT2D eigenvalue weighted by Crippen LogP contribution is -2.18. The minimum atomic E-state index is -0.143. The summed E-state index contributed by atoms with van der Waals surface area (Å²) in [7, 11) is 0. The summed E-state index contributed by atoms with van der Waals surface area (Å²) < 4.78 is 2.43. The van der Waals surface area contributed by atoms with Crippen molar-refractivity contribution < 1.29 is 0 Å². The zero-order chi connectivity index (χ0) is 41.2. The van der Waals surface area contributed by atoms with Gasteiger partial charge in [0.15, 0.2) is 0 Å². The third-order valence-corrected chi connectivity index (χ3v) is 13.0. The molecular formula is C59H46N2. The number of hydrogen-bond donors (Lipinski definition) is 0. The first kappa shape index (κ1) is 36.6. The van der Waals surface area contributed by atoms with Crippen LogP contribution in [0.25, 0.3) is 72.0 Å². The van der Waals surface area contributed by atoms with E-state index in [-0.39, 0.29) is 5.41 Å². The van der Waals surface area contributed by atoms with Crippen LogP contribution in [-0.4, -0.2) is 4.57 Å². The first-order valence-electron chi connectivity index (χ1n) is 21.3. The van der Waals surface area contributed by atoms with Crippen LogP contribution in [0.2, 0.25) is 0 Å². The van der Waals surface area contributed by atoms with Crippen LogP contribution in [0.3, 0.4) is 0 Å². The second-order valence-electron chi connectivity index (χ2n) is 17.1. The van der Waals surface area contributed by atoms with Crippen LogP contribution in [0, 0.1) is 13.8 Å². The van der Waals surface area contributed by atoms with Gasteiger partial charge in [-0.05, 0) is 130 Å². The Balaban J connectivity index is 1.13. The van der Waals surface area contributed by atoms with Gasteiger partial charge in [-0.2, -0.15) is 0 Å². The molecule has 0 amide bonds. The maximum absolute atomic E-state index is 2.53. The van der Waals surface area contributed by atoms with Crippen molar-refractivity contribution in [2.24, 2.45) is 0 Å². The molecule has 1 aliphatic carbocycles. The summed E-state index contributed by atoms with van der Waals surface area (Å²) in [5, 5.41) is 2.51. The number of anilines is 3. The molecule has 9 aromatic carbocycles. The van der Waals surface area contributed by atoms with Gasteiger partial charge in [-0.1, -0.05) is 166 Å². The maximum atomic E-state index is 2.53. The predicted octanol–water partition coefficient (Wildman–Crippen LogP) is 16.2. The molecule has 1 heterocycles. The van der Waals surface area contributed by atoms with Crippen LogP contribution in [0.15, 0.2) is 206 Å². The molecule has 0 bridgehead atoms. The van der Waals surface area contributed by atoms with Crippen molar-refractivity contribution in [3.05, 3.63) is 229 Å². The van der Waals surface area contributed by atoms with E-state index in [1.165, 1.54) is 94.3 Å². The van der Waals surface area contributed by atoms with Gasteiger partial charge in [0.05, 0.1) is 22.4 Å². The SMILES string of the molecule is Cc1cc(-c2ccc(-c3ccccc3)cc2)cc(C)c1N(c1ccc2c(c1)C(C)(C)c1ccccc1-2)c1ccc(-n2c3ccccc3c3ccccc32)cc1-c1ccccc1. The first-order chi connectivity index (χ1) is 29.8. The molecule has 10 aromatic rings. The summed E-state index contributed by atoms with van der Waals surface area (Å²) in [6, 6.07) is 75.9. The molecular weight excluding hydrogens is 737 g/mol. The number of fused-ring (bicyclic) bond motifs is 6. The molecule has 0 saturated carbocycles. The van der Waals surface area contributed by atoms with Gasteiger partial charge in [0.25, 0.3) is 0 Å². The normalized spacial score (nSPS) is 12.7. The molecule has 0 atom stereocenters. The van der Waals surface area contributed by atoms with Crippen LogP contribution in [0.4, 0.5) is 17.1 Å². The summed E-state index contributed by atoms with van der Waals surface area (Å²) in [4.78, 5) is 2.53. The van der Waals surface area contributed by atoms with Crippen molar-refractivity contribution in [1.29, 1.82) is 0 Å². The van der Waals surface area contributed by atoms with E-state index in [9.17, 15) is 0 Å². The van der Waals surface area contributed by atoms with Gasteiger partial charge in [0.2, 0.25) is 0 Å². The van der Waals surface area contributed by atoms with Crippen molar-refractivity contribution in [2.45, 2.75) is 33.1 Å². The Morgan fingerprint density at radius 2 is 0.918 bits per heavy atom. The number of para-hydroxylation sites is 2. The summed E-state index contributed by atoms with van der Waals surface area (Å²) in [5.41, 5.74) is 21.9. The minimum absolute atomic E-state index is 0.143. The van der Waals surface area contributed by atoms with Gasteiger partial charge in [0.1, 0.15) is 0 Å². The Kier molecular flexibility index (Phi) is 8.65. The number of aromatic nitrogens is 1. The molecule has 0 radical (unpaired) electrons. The number of benzene rings is 9. The molecule has 2 heteroatoms. The van der Waals surface area contributed by atoms with Crippen molar-refractivity contribution in [2.75, 3.05) is 4.90 Å². The van der Waals surface area contributed by atoms with Crippen LogP contribution in [0.1, 0.15) is 36.1 Å². The fourth-order valence-corrected chi connectivity index (χ4v) is 10.1. The first-order valence-corrected chi connectivity index (χ1v) is 21.3. The van der Waals surface area contributed by atoms with E-state index in [1.54, 1.807) is 0 Å². The largest absolute Gasteiger partial charge is 0.309 e. The van der Waals surface area contributed by atoms with E-state index < -0.39 is 0 Å². The standard InChI is InChI=1S/C59H46N2/c1-39-35-45(43-29-27-42(28-30-43)41-17-7-5-8-18-41)36-40(2)58(39)61(47-31-33-49-48-21-11-14-24-53(48)59(3,4)54(49)38-47)57-34-32-46(37-52(57)44-19-9-6-10-20-44)60-55-25-15-12-22-50(55)51-23-13-16-26-56(51)60/h5-38H,1-4H3. The van der Waals surface area contributed by atoms with Crippen LogP contribution < -0.4 is 4.90 Å². The van der Waals surface area contributed by atoms with Gasteiger partial charge in [0, 0.05) is 33.1 Å². The fourth-order valence-electron chi connectivity index (χ4n) is 10.1. The smallest absolute Gasteiger partial charge is 0.0541 e. The molecule has 0 spiro atoms. The average Bonchev–Trinajstić information content (AvgIpc) is 3.76. The highest BCUT2D eigenvalue weighted by Crippen LogP contribution is 2.52. The lowest BCUT2D eigenvalue weighted by atomic mass is 9.82. The van der Waals surface area contributed by atoms with Gasteiger partial charge >= 0.3 is 0 Å². The molecule has 61 heavy (non-hydrogen) atoms. The number of aryl methyl sites for hydroxylation is 2. The number of hydrogen-bond acceptors (Lipinski definition) is 1. The Labute approximate surface area is 358 Å². The number of rotatable bonds is 7. The van der Waals surface area contributed by atoms with Crippen molar-refractivity contribution in [1.82, 2.24) is 4.57 Å². The average molecular weight is 783 g/mol. The second kappa shape index (κ2) is 14.4. The van der Waals surface area contributed by atoms with Crippen LogP contribution in [-0.2, 0) is 5.41 Å². The van der Waals surface area contributed by atoms with Gasteiger partial charge in [-0.25, -0.2) is 0 Å². The quantitative estimate of drug-likeness (QED) is 0.156. The van der Waals surface area contributed by atoms with E-state index in [2.05, 4.69) is 243 Å². The molecule has 0 unspecified atom stereocenters. The Bertz CT molecular complexity index is 3200. The second-order valence-corrected chi connectivity index (χ2v) is 17.1. The Morgan fingerprint density at radius 3 is 1.57 bits per heavy atom. The van der Waals surface area contributed by atoms with Gasteiger partial charge in [-0.3, -0.25) is 0 Å². The highest BCUT2D eigenvalue weighted by molar-refractivity contribution is 6.09. The monoisotopic (exact) mass is 782 g/mol. The summed E-state index contributed by atoms with van der Waals surface area (Å²) in [6.07, 6.45) is 0. The van der Waals surface area contributed by atoms with Crippen molar-refractivity contribution >= 4 is 38.9 Å². The van der Waals surface area contributed by atoms with E-state index in [4.69, 9.17) is 0 Å². The summed E-state index contributed by atoms with van der Waals surface area (Å²) in [6.45, 7) is 9.30. The molecule has 11 rings (SSSR count). The lowest BCUT2D eigenvalue weighted by Gasteiger charge is -2.32. The zero-order valence-corrected chi connectivity index (χ0v) is 35.0. The Morgan fingerprint density at radius 1 is 0.393 bits per heavy atom. The molecule has 292 valence electrons. The van der Waals surface area contributed by atoms with E-state index in [0.29, 0.717) is 0 Å². The molecule has 0 aliphatic heterocycles.